The number of anilines is 1. The van der Waals surface area contributed by atoms with Gasteiger partial charge in [-0.1, -0.05) is 12.1 Å². The van der Waals surface area contributed by atoms with Crippen molar-refractivity contribution in [2.75, 3.05) is 12.5 Å². The Labute approximate surface area is 158 Å². The van der Waals surface area contributed by atoms with Crippen LogP contribution in [0.5, 0.6) is 5.75 Å². The van der Waals surface area contributed by atoms with Crippen LogP contribution in [0.1, 0.15) is 5.56 Å². The van der Waals surface area contributed by atoms with Gasteiger partial charge >= 0.3 is 0 Å². The molecule has 2 heterocycles. The summed E-state index contributed by atoms with van der Waals surface area (Å²) in [7, 11) is 1.66. The molecule has 1 atom stereocenters. The molecule has 0 fully saturated rings. The number of pyridine rings is 1. The number of hydrazine groups is 1. The van der Waals surface area contributed by atoms with Crippen molar-refractivity contribution >= 4 is 38.9 Å². The zero-order valence-corrected chi connectivity index (χ0v) is 15.4. The molecule has 0 aliphatic heterocycles. The highest BCUT2D eigenvalue weighted by Crippen LogP contribution is 2.31. The third-order valence-corrected chi connectivity index (χ3v) is 4.68. The van der Waals surface area contributed by atoms with Gasteiger partial charge in [-0.25, -0.2) is 4.21 Å². The maximum Gasteiger partial charge on any atom is 0.250 e. The molecule has 1 unspecified atom stereocenters. The summed E-state index contributed by atoms with van der Waals surface area (Å²) in [5, 5.41) is 1.05. The number of fused-ring (bicyclic) bond motifs is 3. The van der Waals surface area contributed by atoms with Crippen LogP contribution in [-0.4, -0.2) is 25.4 Å². The lowest BCUT2D eigenvalue weighted by molar-refractivity contribution is 0.415. The fourth-order valence-electron chi connectivity index (χ4n) is 3.17. The van der Waals surface area contributed by atoms with E-state index in [2.05, 4.69) is 25.9 Å². The van der Waals surface area contributed by atoms with Crippen molar-refractivity contribution in [2.24, 2.45) is 0 Å². The molecule has 0 spiro atoms. The molecule has 0 aliphatic carbocycles. The predicted molar refractivity (Wildman–Crippen MR) is 107 cm³/mol. The lowest BCUT2D eigenvalue weighted by atomic mass is 10.2. The molecular weight excluding hydrogens is 364 g/mol. The van der Waals surface area contributed by atoms with Crippen LogP contribution in [0.3, 0.4) is 0 Å². The van der Waals surface area contributed by atoms with E-state index in [1.54, 1.807) is 13.3 Å². The number of ether oxygens (including phenoxy) is 1. The SMILES string of the molecule is COc1ccc2c(c1)c1ncccc1n2Cc1ccc(NNS(=O)O)cc1. The maximum absolute atomic E-state index is 10.7. The summed E-state index contributed by atoms with van der Waals surface area (Å²) in [5.41, 5.74) is 7.56. The standard InChI is InChI=1S/C19H18N4O3S/c1-26-15-8-9-17-16(11-15)19-18(3-2-10-20-19)23(17)12-13-4-6-14(7-5-13)21-22-27(24)25/h2-11,21-22H,12H2,1H3,(H,24,25). The minimum atomic E-state index is -2.11. The number of rotatable bonds is 6. The van der Waals surface area contributed by atoms with Crippen molar-refractivity contribution in [3.05, 3.63) is 66.4 Å². The first-order valence-corrected chi connectivity index (χ1v) is 9.39. The molecule has 4 aromatic rings. The summed E-state index contributed by atoms with van der Waals surface area (Å²) in [6.45, 7) is 0.678. The summed E-state index contributed by atoms with van der Waals surface area (Å²) >= 11 is -2.11. The molecule has 0 aliphatic rings. The minimum absolute atomic E-state index is 0.678. The van der Waals surface area contributed by atoms with Crippen molar-refractivity contribution in [1.29, 1.82) is 0 Å². The van der Waals surface area contributed by atoms with Gasteiger partial charge < -0.3 is 14.7 Å². The van der Waals surface area contributed by atoms with Crippen molar-refractivity contribution in [3.63, 3.8) is 0 Å². The van der Waals surface area contributed by atoms with E-state index in [0.29, 0.717) is 12.2 Å². The predicted octanol–water partition coefficient (Wildman–Crippen LogP) is 3.30. The fraction of sp³-hybridized carbons (Fsp3) is 0.105. The molecule has 7 nitrogen and oxygen atoms in total. The van der Waals surface area contributed by atoms with Crippen LogP contribution in [-0.2, 0) is 17.8 Å². The highest BCUT2D eigenvalue weighted by molar-refractivity contribution is 7.77. The van der Waals surface area contributed by atoms with Crippen LogP contribution in [0.4, 0.5) is 5.69 Å². The quantitative estimate of drug-likeness (QED) is 0.352. The Bertz CT molecular complexity index is 1130. The second kappa shape index (κ2) is 7.36. The normalized spacial score (nSPS) is 12.4. The first kappa shape index (κ1) is 17.5. The topological polar surface area (TPSA) is 88.4 Å². The number of methoxy groups -OCH3 is 1. The smallest absolute Gasteiger partial charge is 0.250 e. The van der Waals surface area contributed by atoms with Gasteiger partial charge in [-0.15, -0.1) is 4.83 Å². The van der Waals surface area contributed by atoms with Crippen molar-refractivity contribution in [1.82, 2.24) is 14.4 Å². The van der Waals surface area contributed by atoms with E-state index < -0.39 is 11.3 Å². The number of hydrogen-bond acceptors (Lipinski definition) is 4. The summed E-state index contributed by atoms with van der Waals surface area (Å²) in [5.74, 6) is 0.802. The molecule has 2 aromatic carbocycles. The van der Waals surface area contributed by atoms with Gasteiger partial charge in [-0.05, 0) is 48.0 Å². The Morgan fingerprint density at radius 3 is 2.70 bits per heavy atom. The largest absolute Gasteiger partial charge is 0.497 e. The van der Waals surface area contributed by atoms with Gasteiger partial charge in [-0.3, -0.25) is 9.54 Å². The van der Waals surface area contributed by atoms with E-state index in [0.717, 1.165) is 33.2 Å². The molecule has 0 saturated heterocycles. The lowest BCUT2D eigenvalue weighted by Gasteiger charge is -2.10. The number of benzene rings is 2. The number of nitrogens with zero attached hydrogens (tertiary/aromatic N) is 2. The Morgan fingerprint density at radius 1 is 1.15 bits per heavy atom. The van der Waals surface area contributed by atoms with E-state index >= 15 is 0 Å². The summed E-state index contributed by atoms with van der Waals surface area (Å²) in [6, 6.07) is 17.7. The highest BCUT2D eigenvalue weighted by Gasteiger charge is 2.12. The molecule has 8 heteroatoms. The monoisotopic (exact) mass is 382 g/mol. The van der Waals surface area contributed by atoms with Gasteiger partial charge in [0.25, 0.3) is 0 Å². The van der Waals surface area contributed by atoms with E-state index in [4.69, 9.17) is 9.29 Å². The van der Waals surface area contributed by atoms with Crippen LogP contribution in [0.25, 0.3) is 21.9 Å². The molecule has 0 radical (unpaired) electrons. The molecule has 4 rings (SSSR count). The van der Waals surface area contributed by atoms with Crippen LogP contribution in [0, 0.1) is 0 Å². The van der Waals surface area contributed by atoms with Crippen LogP contribution in [0.2, 0.25) is 0 Å². The summed E-state index contributed by atoms with van der Waals surface area (Å²) in [4.78, 5) is 6.79. The second-order valence-corrected chi connectivity index (χ2v) is 6.72. The van der Waals surface area contributed by atoms with Gasteiger partial charge in [0.2, 0.25) is 11.3 Å². The van der Waals surface area contributed by atoms with Crippen LogP contribution >= 0.6 is 0 Å². The van der Waals surface area contributed by atoms with Gasteiger partial charge in [0, 0.05) is 23.8 Å². The molecule has 0 amide bonds. The molecule has 2 aromatic heterocycles. The van der Waals surface area contributed by atoms with E-state index in [-0.39, 0.29) is 0 Å². The number of aromatic nitrogens is 2. The van der Waals surface area contributed by atoms with Crippen LogP contribution < -0.4 is 15.0 Å². The average molecular weight is 382 g/mol. The van der Waals surface area contributed by atoms with Gasteiger partial charge in [0.05, 0.1) is 23.7 Å². The average Bonchev–Trinajstić information content (AvgIpc) is 3.00. The first-order valence-electron chi connectivity index (χ1n) is 8.28. The number of nitrogens with one attached hydrogen (secondary N) is 2. The molecular formula is C19H18N4O3S. The first-order chi connectivity index (χ1) is 13.2. The molecule has 27 heavy (non-hydrogen) atoms. The third-order valence-electron chi connectivity index (χ3n) is 4.40. The van der Waals surface area contributed by atoms with Crippen molar-refractivity contribution in [2.45, 2.75) is 6.54 Å². The zero-order valence-electron chi connectivity index (χ0n) is 14.5. The summed E-state index contributed by atoms with van der Waals surface area (Å²) < 4.78 is 27.0. The molecule has 3 N–H and O–H groups in total. The fourth-order valence-corrected chi connectivity index (χ4v) is 3.37. The number of hydrogen-bond donors (Lipinski definition) is 3. The Kier molecular flexibility index (Phi) is 4.76. The Morgan fingerprint density at radius 2 is 1.96 bits per heavy atom. The van der Waals surface area contributed by atoms with Crippen molar-refractivity contribution < 1.29 is 13.5 Å². The maximum atomic E-state index is 10.7. The molecule has 0 saturated carbocycles. The summed E-state index contributed by atoms with van der Waals surface area (Å²) in [6.07, 6.45) is 1.80. The van der Waals surface area contributed by atoms with Crippen LogP contribution in [0.15, 0.2) is 60.8 Å². The lowest BCUT2D eigenvalue weighted by Crippen LogP contribution is -2.23. The third kappa shape index (κ3) is 3.50. The minimum Gasteiger partial charge on any atom is -0.497 e. The Balaban J connectivity index is 1.71. The van der Waals surface area contributed by atoms with E-state index in [1.165, 1.54) is 0 Å². The van der Waals surface area contributed by atoms with E-state index in [1.807, 2.05) is 48.5 Å². The highest BCUT2D eigenvalue weighted by atomic mass is 32.2. The second-order valence-electron chi connectivity index (χ2n) is 6.01. The molecule has 138 valence electrons. The molecule has 0 bridgehead atoms. The Hall–Kier alpha value is -2.94. The van der Waals surface area contributed by atoms with Gasteiger partial charge in [-0.2, -0.15) is 0 Å². The van der Waals surface area contributed by atoms with Gasteiger partial charge in [0.15, 0.2) is 0 Å². The zero-order chi connectivity index (χ0) is 18.8. The van der Waals surface area contributed by atoms with Gasteiger partial charge in [0.1, 0.15) is 5.75 Å². The van der Waals surface area contributed by atoms with E-state index in [9.17, 15) is 4.21 Å². The van der Waals surface area contributed by atoms with Crippen molar-refractivity contribution in [3.8, 4) is 5.75 Å².